The Morgan fingerprint density at radius 3 is 2.14 bits per heavy atom. The van der Waals surface area contributed by atoms with Gasteiger partial charge in [0.25, 0.3) is 5.91 Å². The molecule has 0 aliphatic heterocycles. The number of nitrogens with zero attached hydrogens (tertiary/aromatic N) is 1. The van der Waals surface area contributed by atoms with E-state index in [-0.39, 0.29) is 17.9 Å². The van der Waals surface area contributed by atoms with Crippen molar-refractivity contribution in [1.82, 2.24) is 10.2 Å². The standard InChI is InChI=1S/C30H37N3O4/c1-8-22-15-17-23(18-16-22)26(27(34)32-25-19(2)11-9-12-20(25)3)33(24-13-10-14-24)28(35)21(4)31-29(36)37-30(5,6)7/h1,9,11-12,15-18,21,24,26H,10,13-14H2,2-7H3,(H,31,36)(H,32,34). The first-order valence-electron chi connectivity index (χ1n) is 12.7. The van der Waals surface area contributed by atoms with E-state index in [1.807, 2.05) is 32.0 Å². The van der Waals surface area contributed by atoms with E-state index in [9.17, 15) is 14.4 Å². The van der Waals surface area contributed by atoms with Crippen LogP contribution < -0.4 is 10.6 Å². The molecule has 0 saturated heterocycles. The number of benzene rings is 2. The normalized spacial score (nSPS) is 14.9. The smallest absolute Gasteiger partial charge is 0.408 e. The molecule has 1 saturated carbocycles. The minimum Gasteiger partial charge on any atom is -0.444 e. The van der Waals surface area contributed by atoms with Crippen LogP contribution in [0.25, 0.3) is 0 Å². The number of carbonyl (C=O) groups excluding carboxylic acids is 3. The fourth-order valence-corrected chi connectivity index (χ4v) is 4.36. The molecular weight excluding hydrogens is 466 g/mol. The molecule has 3 amide bonds. The summed E-state index contributed by atoms with van der Waals surface area (Å²) >= 11 is 0. The molecule has 2 unspecified atom stereocenters. The second kappa shape index (κ2) is 11.5. The Morgan fingerprint density at radius 2 is 1.65 bits per heavy atom. The summed E-state index contributed by atoms with van der Waals surface area (Å²) in [6.07, 6.45) is 7.38. The van der Waals surface area contributed by atoms with Crippen molar-refractivity contribution in [2.45, 2.75) is 84.5 Å². The molecule has 1 aliphatic carbocycles. The van der Waals surface area contributed by atoms with Crippen LogP contribution in [0.1, 0.15) is 75.3 Å². The van der Waals surface area contributed by atoms with Gasteiger partial charge in [0.15, 0.2) is 0 Å². The average Bonchev–Trinajstić information content (AvgIpc) is 2.78. The molecule has 196 valence electrons. The molecule has 2 aromatic carbocycles. The maximum absolute atomic E-state index is 13.9. The van der Waals surface area contributed by atoms with Crippen molar-refractivity contribution in [2.75, 3.05) is 5.32 Å². The number of aryl methyl sites for hydroxylation is 2. The van der Waals surface area contributed by atoms with Crippen LogP contribution in [0.2, 0.25) is 0 Å². The number of anilines is 1. The molecule has 2 atom stereocenters. The highest BCUT2D eigenvalue weighted by Gasteiger charge is 2.41. The third-order valence-electron chi connectivity index (χ3n) is 6.48. The Bertz CT molecular complexity index is 1170. The number of hydrogen-bond donors (Lipinski definition) is 2. The lowest BCUT2D eigenvalue weighted by atomic mass is 9.88. The zero-order valence-corrected chi connectivity index (χ0v) is 22.6. The quantitative estimate of drug-likeness (QED) is 0.505. The van der Waals surface area contributed by atoms with E-state index >= 15 is 0 Å². The molecule has 0 spiro atoms. The summed E-state index contributed by atoms with van der Waals surface area (Å²) in [4.78, 5) is 41.8. The van der Waals surface area contributed by atoms with Crippen molar-refractivity contribution >= 4 is 23.6 Å². The van der Waals surface area contributed by atoms with Crippen LogP contribution in [0, 0.1) is 26.2 Å². The number of alkyl carbamates (subject to hydrolysis) is 1. The van der Waals surface area contributed by atoms with Crippen molar-refractivity contribution in [3.8, 4) is 12.3 Å². The summed E-state index contributed by atoms with van der Waals surface area (Å²) in [6.45, 7) is 10.7. The number of ether oxygens (including phenoxy) is 1. The van der Waals surface area contributed by atoms with Gasteiger partial charge in [-0.3, -0.25) is 9.59 Å². The molecule has 0 bridgehead atoms. The van der Waals surface area contributed by atoms with Gasteiger partial charge in [0.05, 0.1) is 0 Å². The Morgan fingerprint density at radius 1 is 1.05 bits per heavy atom. The number of rotatable bonds is 7. The molecule has 3 rings (SSSR count). The highest BCUT2D eigenvalue weighted by atomic mass is 16.6. The van der Waals surface area contributed by atoms with E-state index < -0.39 is 23.8 Å². The molecule has 0 radical (unpaired) electrons. The first-order chi connectivity index (χ1) is 17.4. The van der Waals surface area contributed by atoms with Crippen molar-refractivity contribution in [1.29, 1.82) is 0 Å². The van der Waals surface area contributed by atoms with Crippen LogP contribution in [-0.4, -0.2) is 40.5 Å². The largest absolute Gasteiger partial charge is 0.444 e. The number of amides is 3. The number of terminal acetylenes is 1. The van der Waals surface area contributed by atoms with Crippen molar-refractivity contribution in [2.24, 2.45) is 0 Å². The highest BCUT2D eigenvalue weighted by molar-refractivity contribution is 6.00. The van der Waals surface area contributed by atoms with E-state index in [2.05, 4.69) is 16.6 Å². The molecule has 0 heterocycles. The van der Waals surface area contributed by atoms with E-state index in [0.717, 1.165) is 36.1 Å². The van der Waals surface area contributed by atoms with E-state index in [1.165, 1.54) is 0 Å². The summed E-state index contributed by atoms with van der Waals surface area (Å²) in [5, 5.41) is 5.71. The van der Waals surface area contributed by atoms with Crippen molar-refractivity contribution in [3.63, 3.8) is 0 Å². The van der Waals surface area contributed by atoms with E-state index in [0.29, 0.717) is 11.1 Å². The van der Waals surface area contributed by atoms with Gasteiger partial charge in [-0.15, -0.1) is 6.42 Å². The predicted octanol–water partition coefficient (Wildman–Crippen LogP) is 5.26. The predicted molar refractivity (Wildman–Crippen MR) is 145 cm³/mol. The maximum atomic E-state index is 13.9. The monoisotopic (exact) mass is 503 g/mol. The second-order valence-corrected chi connectivity index (χ2v) is 10.6. The lowest BCUT2D eigenvalue weighted by Crippen LogP contribution is -2.56. The summed E-state index contributed by atoms with van der Waals surface area (Å²) in [5.41, 5.74) is 3.20. The van der Waals surface area contributed by atoms with Crippen molar-refractivity contribution < 1.29 is 19.1 Å². The SMILES string of the molecule is C#Cc1ccc(C(C(=O)Nc2c(C)cccc2C)N(C(=O)C(C)NC(=O)OC(C)(C)C)C2CCC2)cc1. The summed E-state index contributed by atoms with van der Waals surface area (Å²) in [5.74, 6) is 1.92. The molecule has 0 aromatic heterocycles. The highest BCUT2D eigenvalue weighted by Crippen LogP contribution is 2.35. The maximum Gasteiger partial charge on any atom is 0.408 e. The fourth-order valence-electron chi connectivity index (χ4n) is 4.36. The van der Waals surface area contributed by atoms with E-state index in [1.54, 1.807) is 56.9 Å². The molecule has 7 nitrogen and oxygen atoms in total. The van der Waals surface area contributed by atoms with E-state index in [4.69, 9.17) is 11.2 Å². The van der Waals surface area contributed by atoms with Gasteiger partial charge < -0.3 is 20.3 Å². The molecular formula is C30H37N3O4. The van der Waals surface area contributed by atoms with Gasteiger partial charge >= 0.3 is 6.09 Å². The Labute approximate surface area is 220 Å². The number of nitrogens with one attached hydrogen (secondary N) is 2. The van der Waals surface area contributed by atoms with Gasteiger partial charge in [-0.25, -0.2) is 4.79 Å². The third kappa shape index (κ3) is 6.91. The Hall–Kier alpha value is -3.79. The van der Waals surface area contributed by atoms with Crippen LogP contribution in [0.15, 0.2) is 42.5 Å². The lowest BCUT2D eigenvalue weighted by molar-refractivity contribution is -0.145. The molecule has 2 N–H and O–H groups in total. The van der Waals surface area contributed by atoms with Crippen LogP contribution in [0.3, 0.4) is 0 Å². The molecule has 7 heteroatoms. The Kier molecular flexibility index (Phi) is 8.65. The number of carbonyl (C=O) groups is 3. The molecule has 37 heavy (non-hydrogen) atoms. The molecule has 1 fully saturated rings. The van der Waals surface area contributed by atoms with Gasteiger partial charge in [0.2, 0.25) is 5.91 Å². The van der Waals surface area contributed by atoms with Crippen LogP contribution in [-0.2, 0) is 14.3 Å². The molecule has 2 aromatic rings. The van der Waals surface area contributed by atoms with Crippen LogP contribution >= 0.6 is 0 Å². The first-order valence-corrected chi connectivity index (χ1v) is 12.7. The van der Waals surface area contributed by atoms with Gasteiger partial charge in [-0.1, -0.05) is 36.3 Å². The van der Waals surface area contributed by atoms with Crippen LogP contribution in [0.4, 0.5) is 10.5 Å². The third-order valence-corrected chi connectivity index (χ3v) is 6.48. The molecule has 1 aliphatic rings. The summed E-state index contributed by atoms with van der Waals surface area (Å²) in [6, 6.07) is 11.0. The second-order valence-electron chi connectivity index (χ2n) is 10.6. The average molecular weight is 504 g/mol. The number of hydrogen-bond acceptors (Lipinski definition) is 4. The number of para-hydroxylation sites is 1. The van der Waals surface area contributed by atoms with Crippen LogP contribution in [0.5, 0.6) is 0 Å². The minimum atomic E-state index is -0.911. The zero-order valence-electron chi connectivity index (χ0n) is 22.6. The van der Waals surface area contributed by atoms with Gasteiger partial charge in [0, 0.05) is 17.3 Å². The first kappa shape index (κ1) is 27.8. The zero-order chi connectivity index (χ0) is 27.3. The summed E-state index contributed by atoms with van der Waals surface area (Å²) in [7, 11) is 0. The Balaban J connectivity index is 1.99. The fraction of sp³-hybridized carbons (Fsp3) is 0.433. The summed E-state index contributed by atoms with van der Waals surface area (Å²) < 4.78 is 5.34. The minimum absolute atomic E-state index is 0.128. The topological polar surface area (TPSA) is 87.7 Å². The van der Waals surface area contributed by atoms with Gasteiger partial charge in [-0.2, -0.15) is 0 Å². The van der Waals surface area contributed by atoms with Crippen molar-refractivity contribution in [3.05, 3.63) is 64.7 Å². The van der Waals surface area contributed by atoms with Gasteiger partial charge in [0.1, 0.15) is 17.7 Å². The van der Waals surface area contributed by atoms with Gasteiger partial charge in [-0.05, 0) is 89.6 Å². The lowest BCUT2D eigenvalue weighted by Gasteiger charge is -2.43.